The van der Waals surface area contributed by atoms with Crippen LogP contribution in [0.1, 0.15) is 109 Å². The van der Waals surface area contributed by atoms with Crippen LogP contribution in [0.2, 0.25) is 0 Å². The van der Waals surface area contributed by atoms with E-state index in [0.717, 1.165) is 63.0 Å². The summed E-state index contributed by atoms with van der Waals surface area (Å²) in [6.07, 6.45) is 8.92. The first-order chi connectivity index (χ1) is 15.8. The summed E-state index contributed by atoms with van der Waals surface area (Å²) in [5.74, 6) is -1.61. The molecule has 0 aromatic heterocycles. The Bertz CT molecular complexity index is 613. The second-order valence-corrected chi connectivity index (χ2v) is 8.90. The topological polar surface area (TPSA) is 38.7 Å². The van der Waals surface area contributed by atoms with Crippen molar-refractivity contribution in [3.8, 4) is 0 Å². The molecule has 0 aliphatic rings. The molecule has 0 bridgehead atoms. The first-order valence-corrected chi connectivity index (χ1v) is 12.9. The van der Waals surface area contributed by atoms with E-state index in [1.54, 1.807) is 6.07 Å². The quantitative estimate of drug-likeness (QED) is 0.162. The summed E-state index contributed by atoms with van der Waals surface area (Å²) >= 11 is 0. The molecule has 1 unspecified atom stereocenters. The molecule has 0 aliphatic carbocycles. The molecule has 1 aromatic rings. The van der Waals surface area contributed by atoms with Crippen molar-refractivity contribution in [3.63, 3.8) is 0 Å². The van der Waals surface area contributed by atoms with Crippen LogP contribution in [-0.4, -0.2) is 24.3 Å². The molecular weight excluding hydrogens is 429 g/mol. The lowest BCUT2D eigenvalue weighted by Gasteiger charge is -2.35. The summed E-state index contributed by atoms with van der Waals surface area (Å²) in [6.45, 7) is 6.71. The van der Waals surface area contributed by atoms with Gasteiger partial charge in [0.25, 0.3) is 5.97 Å². The van der Waals surface area contributed by atoms with Crippen molar-refractivity contribution >= 4 is 0 Å². The molecule has 6 heteroatoms. The molecular formula is C27H45F3O3. The Balaban J connectivity index is 2.47. The fourth-order valence-corrected chi connectivity index (χ4v) is 4.35. The Morgan fingerprint density at radius 2 is 1.33 bits per heavy atom. The number of alkyl halides is 3. The van der Waals surface area contributed by atoms with E-state index in [2.05, 4.69) is 6.92 Å². The van der Waals surface area contributed by atoms with Gasteiger partial charge in [0, 0.05) is 19.1 Å². The number of aryl methyl sites for hydroxylation is 1. The summed E-state index contributed by atoms with van der Waals surface area (Å²) in [6, 6.07) is 5.61. The second kappa shape index (κ2) is 16.5. The van der Waals surface area contributed by atoms with Crippen molar-refractivity contribution in [1.29, 1.82) is 0 Å². The minimum atomic E-state index is -4.29. The van der Waals surface area contributed by atoms with Gasteiger partial charge in [-0.3, -0.25) is 0 Å². The third kappa shape index (κ3) is 12.2. The van der Waals surface area contributed by atoms with Gasteiger partial charge in [0.05, 0.1) is 5.56 Å². The van der Waals surface area contributed by atoms with Crippen LogP contribution in [0, 0.1) is 5.92 Å². The van der Waals surface area contributed by atoms with Crippen LogP contribution >= 0.6 is 0 Å². The van der Waals surface area contributed by atoms with Crippen LogP contribution in [0.3, 0.4) is 0 Å². The number of unbranched alkanes of at least 4 members (excludes halogenated alkanes) is 8. The number of hydrogen-bond acceptors (Lipinski definition) is 3. The number of aliphatic hydroxyl groups is 1. The van der Waals surface area contributed by atoms with Crippen molar-refractivity contribution < 1.29 is 27.8 Å². The highest BCUT2D eigenvalue weighted by Gasteiger charge is 2.38. The average Bonchev–Trinajstić information content (AvgIpc) is 2.76. The predicted molar refractivity (Wildman–Crippen MR) is 128 cm³/mol. The van der Waals surface area contributed by atoms with Gasteiger partial charge in [-0.2, -0.15) is 13.2 Å². The smallest absolute Gasteiger partial charge is 0.343 e. The van der Waals surface area contributed by atoms with E-state index in [4.69, 9.17) is 9.47 Å². The molecule has 0 saturated heterocycles. The molecule has 33 heavy (non-hydrogen) atoms. The minimum absolute atomic E-state index is 0.0768. The molecule has 3 nitrogen and oxygen atoms in total. The molecule has 1 N–H and O–H groups in total. The lowest BCUT2D eigenvalue weighted by Crippen LogP contribution is -2.44. The van der Waals surface area contributed by atoms with Gasteiger partial charge in [0.15, 0.2) is 0 Å². The molecule has 0 spiro atoms. The van der Waals surface area contributed by atoms with Gasteiger partial charge in [-0.1, -0.05) is 82.9 Å². The van der Waals surface area contributed by atoms with E-state index >= 15 is 0 Å². The van der Waals surface area contributed by atoms with Gasteiger partial charge >= 0.3 is 6.18 Å². The second-order valence-electron chi connectivity index (χ2n) is 8.90. The van der Waals surface area contributed by atoms with Crippen LogP contribution < -0.4 is 0 Å². The van der Waals surface area contributed by atoms with Gasteiger partial charge < -0.3 is 14.6 Å². The molecule has 1 rings (SSSR count). The number of hydrogen-bond donors (Lipinski definition) is 1. The van der Waals surface area contributed by atoms with Gasteiger partial charge in [0.2, 0.25) is 0 Å². The van der Waals surface area contributed by atoms with Crippen molar-refractivity contribution in [1.82, 2.24) is 0 Å². The Morgan fingerprint density at radius 1 is 0.788 bits per heavy atom. The normalized spacial score (nSPS) is 13.4. The fourth-order valence-electron chi connectivity index (χ4n) is 4.35. The highest BCUT2D eigenvalue weighted by atomic mass is 19.4. The lowest BCUT2D eigenvalue weighted by molar-refractivity contribution is -0.385. The van der Waals surface area contributed by atoms with Crippen molar-refractivity contribution in [2.75, 3.05) is 13.2 Å². The fraction of sp³-hybridized carbons (Fsp3) is 0.778. The van der Waals surface area contributed by atoms with E-state index in [-0.39, 0.29) is 5.92 Å². The monoisotopic (exact) mass is 474 g/mol. The van der Waals surface area contributed by atoms with E-state index in [9.17, 15) is 18.3 Å². The van der Waals surface area contributed by atoms with E-state index in [1.807, 2.05) is 13.8 Å². The molecule has 0 aliphatic heterocycles. The Morgan fingerprint density at radius 3 is 1.88 bits per heavy atom. The molecule has 1 aromatic carbocycles. The SMILES string of the molecule is CCCCCCCCC(CCCCCCc1cccc(C(F)(F)F)c1)C(O)(OCC)OCC. The number of rotatable bonds is 19. The zero-order valence-corrected chi connectivity index (χ0v) is 20.9. The molecule has 0 saturated carbocycles. The van der Waals surface area contributed by atoms with E-state index in [0.29, 0.717) is 19.6 Å². The Labute approximate surface area is 199 Å². The number of benzene rings is 1. The Kier molecular flexibility index (Phi) is 15.0. The van der Waals surface area contributed by atoms with Crippen LogP contribution in [0.5, 0.6) is 0 Å². The maximum absolute atomic E-state index is 12.9. The van der Waals surface area contributed by atoms with Gasteiger partial charge in [-0.25, -0.2) is 0 Å². The largest absolute Gasteiger partial charge is 0.416 e. The van der Waals surface area contributed by atoms with E-state index in [1.165, 1.54) is 37.8 Å². The third-order valence-corrected chi connectivity index (χ3v) is 6.15. The van der Waals surface area contributed by atoms with Gasteiger partial charge in [-0.05, 0) is 51.2 Å². The molecule has 0 fully saturated rings. The standard InChI is InChI=1S/C27H45F3O3/c1-4-7-8-9-10-14-19-24(27(31,32-5-2)33-6-3)20-15-12-11-13-17-23-18-16-21-25(22-23)26(28,29)30/h16,18,21-22,24,31H,4-15,17,19-20H2,1-3H3. The maximum atomic E-state index is 12.9. The zero-order valence-electron chi connectivity index (χ0n) is 20.9. The maximum Gasteiger partial charge on any atom is 0.416 e. The first-order valence-electron chi connectivity index (χ1n) is 12.9. The summed E-state index contributed by atoms with van der Waals surface area (Å²) in [5, 5.41) is 11.0. The molecule has 192 valence electrons. The summed E-state index contributed by atoms with van der Waals surface area (Å²) in [5.41, 5.74) is 0.150. The van der Waals surface area contributed by atoms with E-state index < -0.39 is 17.7 Å². The van der Waals surface area contributed by atoms with Gasteiger partial charge in [-0.15, -0.1) is 0 Å². The van der Waals surface area contributed by atoms with Crippen molar-refractivity contribution in [2.24, 2.45) is 5.92 Å². The summed E-state index contributed by atoms with van der Waals surface area (Å²) in [7, 11) is 0. The molecule has 0 amide bonds. The van der Waals surface area contributed by atoms with Crippen molar-refractivity contribution in [2.45, 2.75) is 116 Å². The van der Waals surface area contributed by atoms with Crippen LogP contribution in [-0.2, 0) is 22.1 Å². The highest BCUT2D eigenvalue weighted by Crippen LogP contribution is 2.32. The number of halogens is 3. The van der Waals surface area contributed by atoms with Crippen molar-refractivity contribution in [3.05, 3.63) is 35.4 Å². The first kappa shape index (κ1) is 29.9. The number of ether oxygens (including phenoxy) is 2. The van der Waals surface area contributed by atoms with Gasteiger partial charge in [0.1, 0.15) is 0 Å². The summed E-state index contributed by atoms with van der Waals surface area (Å²) in [4.78, 5) is 0. The van der Waals surface area contributed by atoms with Crippen LogP contribution in [0.25, 0.3) is 0 Å². The molecule has 0 heterocycles. The minimum Gasteiger partial charge on any atom is -0.343 e. The van der Waals surface area contributed by atoms with Crippen LogP contribution in [0.15, 0.2) is 24.3 Å². The Hall–Kier alpha value is -1.11. The lowest BCUT2D eigenvalue weighted by atomic mass is 9.91. The average molecular weight is 475 g/mol. The van der Waals surface area contributed by atoms with Crippen LogP contribution in [0.4, 0.5) is 13.2 Å². The summed E-state index contributed by atoms with van der Waals surface area (Å²) < 4.78 is 49.9. The highest BCUT2D eigenvalue weighted by molar-refractivity contribution is 5.25. The molecule has 1 atom stereocenters. The predicted octanol–water partition coefficient (Wildman–Crippen LogP) is 8.28. The zero-order chi connectivity index (χ0) is 24.6. The third-order valence-electron chi connectivity index (χ3n) is 6.15. The molecule has 0 radical (unpaired) electrons.